The molecule has 4 nitrogen and oxygen atoms in total. The summed E-state index contributed by atoms with van der Waals surface area (Å²) in [4.78, 5) is 12.4. The minimum atomic E-state index is -0.658. The molecule has 0 aliphatic heterocycles. The lowest BCUT2D eigenvalue weighted by Crippen LogP contribution is -2.45. The molecule has 52 heavy (non-hydrogen) atoms. The number of allylic oxidation sites excluding steroid dienone is 4. The van der Waals surface area contributed by atoms with Gasteiger partial charge in [0, 0.05) is 6.42 Å². The molecule has 2 atom stereocenters. The summed E-state index contributed by atoms with van der Waals surface area (Å²) in [5, 5.41) is 23.2. The summed E-state index contributed by atoms with van der Waals surface area (Å²) in [6, 6.07) is -0.536. The summed E-state index contributed by atoms with van der Waals surface area (Å²) in [7, 11) is 0. The van der Waals surface area contributed by atoms with Gasteiger partial charge in [0.2, 0.25) is 5.91 Å². The number of unbranched alkanes of at least 4 members (excludes halogenated alkanes) is 32. The van der Waals surface area contributed by atoms with E-state index in [1.165, 1.54) is 205 Å². The van der Waals surface area contributed by atoms with Crippen LogP contribution in [0.4, 0.5) is 0 Å². The Morgan fingerprint density at radius 2 is 0.750 bits per heavy atom. The number of carbonyl (C=O) groups is 1. The first-order valence-corrected chi connectivity index (χ1v) is 23.5. The fourth-order valence-corrected chi connectivity index (χ4v) is 7.31. The van der Waals surface area contributed by atoms with Crippen molar-refractivity contribution in [1.82, 2.24) is 5.32 Å². The van der Waals surface area contributed by atoms with Crippen molar-refractivity contribution in [2.75, 3.05) is 6.61 Å². The predicted molar refractivity (Wildman–Crippen MR) is 230 cm³/mol. The molecule has 0 aromatic heterocycles. The van der Waals surface area contributed by atoms with Gasteiger partial charge in [-0.2, -0.15) is 0 Å². The van der Waals surface area contributed by atoms with Crippen LogP contribution in [0.15, 0.2) is 24.3 Å². The zero-order valence-corrected chi connectivity index (χ0v) is 35.3. The van der Waals surface area contributed by atoms with Gasteiger partial charge in [-0.1, -0.05) is 224 Å². The Morgan fingerprint density at radius 3 is 1.12 bits per heavy atom. The maximum atomic E-state index is 12.4. The van der Waals surface area contributed by atoms with Gasteiger partial charge in [-0.3, -0.25) is 4.79 Å². The van der Waals surface area contributed by atoms with Crippen molar-refractivity contribution in [2.24, 2.45) is 0 Å². The predicted octanol–water partition coefficient (Wildman–Crippen LogP) is 14.8. The third-order valence-electron chi connectivity index (χ3n) is 10.9. The number of amides is 1. The molecule has 4 heteroatoms. The lowest BCUT2D eigenvalue weighted by molar-refractivity contribution is -0.123. The average Bonchev–Trinajstić information content (AvgIpc) is 3.15. The molecule has 0 radical (unpaired) electrons. The molecule has 0 spiro atoms. The first-order valence-electron chi connectivity index (χ1n) is 23.5. The minimum absolute atomic E-state index is 0.0337. The molecule has 3 N–H and O–H groups in total. The maximum Gasteiger partial charge on any atom is 0.220 e. The summed E-state index contributed by atoms with van der Waals surface area (Å²) in [5.41, 5.74) is 0. The third kappa shape index (κ3) is 40.1. The number of rotatable bonds is 43. The Bertz CT molecular complexity index is 750. The molecule has 0 rings (SSSR count). The van der Waals surface area contributed by atoms with Crippen LogP contribution < -0.4 is 5.32 Å². The van der Waals surface area contributed by atoms with Gasteiger partial charge in [0.1, 0.15) is 0 Å². The van der Waals surface area contributed by atoms with Crippen LogP contribution in [0, 0.1) is 0 Å². The van der Waals surface area contributed by atoms with Crippen molar-refractivity contribution in [2.45, 2.75) is 270 Å². The van der Waals surface area contributed by atoms with Crippen molar-refractivity contribution in [3.05, 3.63) is 24.3 Å². The number of aliphatic hydroxyl groups excluding tert-OH is 2. The van der Waals surface area contributed by atoms with Gasteiger partial charge in [0.05, 0.1) is 18.8 Å². The van der Waals surface area contributed by atoms with E-state index < -0.39 is 12.1 Å². The number of nitrogens with one attached hydrogen (secondary N) is 1. The van der Waals surface area contributed by atoms with Crippen molar-refractivity contribution in [3.8, 4) is 0 Å². The Morgan fingerprint density at radius 1 is 0.442 bits per heavy atom. The summed E-state index contributed by atoms with van der Waals surface area (Å²) < 4.78 is 0. The van der Waals surface area contributed by atoms with Crippen LogP contribution in [0.5, 0.6) is 0 Å². The second kappa shape index (κ2) is 44.3. The third-order valence-corrected chi connectivity index (χ3v) is 10.9. The highest BCUT2D eigenvalue weighted by Crippen LogP contribution is 2.16. The smallest absolute Gasteiger partial charge is 0.220 e. The lowest BCUT2D eigenvalue weighted by Gasteiger charge is -2.22. The molecule has 0 saturated heterocycles. The summed E-state index contributed by atoms with van der Waals surface area (Å²) in [5.74, 6) is -0.0337. The Kier molecular flexibility index (Phi) is 43.3. The molecule has 1 amide bonds. The van der Waals surface area contributed by atoms with Gasteiger partial charge in [-0.15, -0.1) is 0 Å². The molecular formula is C48H93NO3. The van der Waals surface area contributed by atoms with Gasteiger partial charge in [-0.05, 0) is 51.4 Å². The van der Waals surface area contributed by atoms with Crippen LogP contribution in [0.3, 0.4) is 0 Å². The minimum Gasteiger partial charge on any atom is -0.394 e. The van der Waals surface area contributed by atoms with E-state index in [2.05, 4.69) is 43.5 Å². The Balaban J connectivity index is 3.48. The standard InChI is InChI=1S/C48H93NO3/c1-3-5-7-9-11-13-15-17-18-19-20-21-22-23-24-25-26-27-28-29-30-32-34-36-38-40-42-44-48(52)49-46(45-50)47(51)43-41-39-37-35-33-31-16-14-12-10-8-6-4-2/h21-22,25-26,46-47,50-51H,3-20,23-24,27-45H2,1-2H3,(H,49,52)/b22-21-,26-25-/t46-,47+/m0/s1. The molecule has 0 saturated carbocycles. The molecule has 308 valence electrons. The maximum absolute atomic E-state index is 12.4. The van der Waals surface area contributed by atoms with Gasteiger partial charge in [-0.25, -0.2) is 0 Å². The van der Waals surface area contributed by atoms with E-state index in [0.717, 1.165) is 25.7 Å². The highest BCUT2D eigenvalue weighted by Gasteiger charge is 2.20. The van der Waals surface area contributed by atoms with Crippen LogP contribution >= 0.6 is 0 Å². The van der Waals surface area contributed by atoms with E-state index in [4.69, 9.17) is 0 Å². The highest BCUT2D eigenvalue weighted by atomic mass is 16.3. The lowest BCUT2D eigenvalue weighted by atomic mass is 10.0. The molecule has 0 aliphatic rings. The van der Waals surface area contributed by atoms with E-state index in [0.29, 0.717) is 12.8 Å². The van der Waals surface area contributed by atoms with Crippen LogP contribution in [-0.4, -0.2) is 34.9 Å². The number of carbonyl (C=O) groups excluding carboxylic acids is 1. The second-order valence-electron chi connectivity index (χ2n) is 16.2. The monoisotopic (exact) mass is 732 g/mol. The molecule has 0 aromatic carbocycles. The van der Waals surface area contributed by atoms with Crippen LogP contribution in [0.1, 0.15) is 258 Å². The topological polar surface area (TPSA) is 69.6 Å². The van der Waals surface area contributed by atoms with Crippen LogP contribution in [0.2, 0.25) is 0 Å². The van der Waals surface area contributed by atoms with Crippen molar-refractivity contribution in [3.63, 3.8) is 0 Å². The number of hydrogen-bond acceptors (Lipinski definition) is 3. The van der Waals surface area contributed by atoms with Crippen LogP contribution in [0.25, 0.3) is 0 Å². The molecule has 0 fully saturated rings. The largest absolute Gasteiger partial charge is 0.394 e. The average molecular weight is 732 g/mol. The number of hydrogen-bond donors (Lipinski definition) is 3. The van der Waals surface area contributed by atoms with Gasteiger partial charge >= 0.3 is 0 Å². The van der Waals surface area contributed by atoms with Gasteiger partial charge < -0.3 is 15.5 Å². The molecule has 0 aliphatic carbocycles. The summed E-state index contributed by atoms with van der Waals surface area (Å²) in [6.07, 6.45) is 57.0. The van der Waals surface area contributed by atoms with Crippen molar-refractivity contribution in [1.29, 1.82) is 0 Å². The zero-order valence-electron chi connectivity index (χ0n) is 35.3. The molecule has 0 aromatic rings. The summed E-state index contributed by atoms with van der Waals surface area (Å²) in [6.45, 7) is 4.37. The van der Waals surface area contributed by atoms with Crippen LogP contribution in [-0.2, 0) is 4.79 Å². The number of aliphatic hydroxyl groups is 2. The Labute approximate surface area is 326 Å². The first kappa shape index (κ1) is 50.9. The van der Waals surface area contributed by atoms with E-state index in [1.54, 1.807) is 0 Å². The van der Waals surface area contributed by atoms with Gasteiger partial charge in [0.25, 0.3) is 0 Å². The summed E-state index contributed by atoms with van der Waals surface area (Å²) >= 11 is 0. The first-order chi connectivity index (χ1) is 25.7. The van der Waals surface area contributed by atoms with E-state index in [1.807, 2.05) is 0 Å². The quantitative estimate of drug-likeness (QED) is 0.0432. The molecule has 0 heterocycles. The van der Waals surface area contributed by atoms with Crippen molar-refractivity contribution < 1.29 is 15.0 Å². The van der Waals surface area contributed by atoms with E-state index >= 15 is 0 Å². The van der Waals surface area contributed by atoms with Crippen molar-refractivity contribution >= 4 is 5.91 Å². The fourth-order valence-electron chi connectivity index (χ4n) is 7.31. The molecule has 0 unspecified atom stereocenters. The Hall–Kier alpha value is -1.13. The van der Waals surface area contributed by atoms with Gasteiger partial charge in [0.15, 0.2) is 0 Å². The SMILES string of the molecule is CCCCCCCCCCCC/C=C\CC/C=C\CCCCCCCCCCCC(=O)N[C@@H](CO)[C@H](O)CCCCCCCCCCCCCCC. The molecule has 0 bridgehead atoms. The zero-order chi connectivity index (χ0) is 37.8. The normalized spacial score (nSPS) is 13.1. The fraction of sp³-hybridized carbons (Fsp3) is 0.896. The second-order valence-corrected chi connectivity index (χ2v) is 16.2. The van der Waals surface area contributed by atoms with E-state index in [9.17, 15) is 15.0 Å². The molecular weight excluding hydrogens is 639 g/mol. The highest BCUT2D eigenvalue weighted by molar-refractivity contribution is 5.76. The van der Waals surface area contributed by atoms with E-state index in [-0.39, 0.29) is 12.5 Å².